The normalized spacial score (nSPS) is 8.27. The molecule has 0 aromatic heterocycles. The summed E-state index contributed by atoms with van der Waals surface area (Å²) in [5, 5.41) is 0.618. The molecule has 0 radical (unpaired) electrons. The maximum absolute atomic E-state index is 5.14. The van der Waals surface area contributed by atoms with E-state index >= 15 is 0 Å². The number of hydrogen-bond donors (Lipinski definition) is 0. The van der Waals surface area contributed by atoms with Crippen molar-refractivity contribution in [3.63, 3.8) is 0 Å². The molecule has 0 bridgehead atoms. The molecule has 0 saturated heterocycles. The van der Waals surface area contributed by atoms with Gasteiger partial charge in [0.15, 0.2) is 0 Å². The van der Waals surface area contributed by atoms with Crippen LogP contribution in [0.4, 0.5) is 0 Å². The van der Waals surface area contributed by atoms with Crippen LogP contribution in [-0.4, -0.2) is 29.8 Å². The molecule has 2 nitrogen and oxygen atoms in total. The van der Waals surface area contributed by atoms with Gasteiger partial charge in [-0.25, -0.2) is 0 Å². The van der Waals surface area contributed by atoms with Crippen LogP contribution in [0.15, 0.2) is 0 Å². The molecule has 0 aliphatic heterocycles. The molecule has 0 fully saturated rings. The molecule has 0 N–H and O–H groups in total. The predicted octanol–water partition coefficient (Wildman–Crippen LogP) is -1.23. The number of rotatable bonds is 3. The van der Waals surface area contributed by atoms with Gasteiger partial charge in [-0.2, -0.15) is 0 Å². The van der Waals surface area contributed by atoms with Crippen molar-refractivity contribution >= 4 is 17.4 Å². The molecule has 62 valence electrons. The summed E-state index contributed by atoms with van der Waals surface area (Å²) < 4.78 is 5.14. The van der Waals surface area contributed by atoms with E-state index in [0.717, 1.165) is 13.1 Å². The molecule has 0 aromatic rings. The summed E-state index contributed by atoms with van der Waals surface area (Å²) in [5.74, 6) is 0. The first-order chi connectivity index (χ1) is 4.76. The number of nitrogens with zero attached hydrogens (tertiary/aromatic N) is 1. The summed E-state index contributed by atoms with van der Waals surface area (Å²) in [6.45, 7) is 8.58. The molecule has 11 heavy (non-hydrogen) atoms. The first-order valence-corrected chi connectivity index (χ1v) is 4.08. The fourth-order valence-corrected chi connectivity index (χ4v) is 1.07. The van der Waals surface area contributed by atoms with Gasteiger partial charge in [-0.3, -0.25) is 0 Å². The van der Waals surface area contributed by atoms with E-state index < -0.39 is 0 Å². The summed E-state index contributed by atoms with van der Waals surface area (Å²) >= 11 is 4.98. The first-order valence-electron chi connectivity index (χ1n) is 3.67. The summed E-state index contributed by atoms with van der Waals surface area (Å²) in [5.41, 5.74) is 0. The van der Waals surface area contributed by atoms with Crippen LogP contribution in [0.3, 0.4) is 0 Å². The van der Waals surface area contributed by atoms with Crippen molar-refractivity contribution in [2.24, 2.45) is 0 Å². The Hall–Kier alpha value is 0.690. The van der Waals surface area contributed by atoms with Gasteiger partial charge in [-0.1, -0.05) is 0 Å². The summed E-state index contributed by atoms with van der Waals surface area (Å²) in [6, 6.07) is 0. The van der Waals surface area contributed by atoms with Crippen molar-refractivity contribution in [1.82, 2.24) is 4.90 Å². The van der Waals surface area contributed by atoms with Crippen molar-refractivity contribution in [1.29, 1.82) is 0 Å². The van der Waals surface area contributed by atoms with Crippen LogP contribution in [0.25, 0.3) is 0 Å². The largest absolute Gasteiger partial charge is 1.00 e. The second kappa shape index (κ2) is 8.78. The Morgan fingerprint density at radius 3 is 2.09 bits per heavy atom. The fraction of sp³-hybridized carbons (Fsp3) is 0.857. The molecule has 4 heteroatoms. The van der Waals surface area contributed by atoms with Crippen molar-refractivity contribution in [3.05, 3.63) is 0 Å². The van der Waals surface area contributed by atoms with Crippen LogP contribution in [0.2, 0.25) is 0 Å². The molecule has 0 amide bonds. The van der Waals surface area contributed by atoms with Crippen LogP contribution < -0.4 is 29.6 Å². The van der Waals surface area contributed by atoms with Gasteiger partial charge in [-0.05, 0) is 33.0 Å². The zero-order valence-corrected chi connectivity index (χ0v) is 10.7. The Balaban J connectivity index is -0.000000405. The van der Waals surface area contributed by atoms with E-state index in [4.69, 9.17) is 17.0 Å². The Labute approximate surface area is 98.1 Å². The van der Waals surface area contributed by atoms with Crippen molar-refractivity contribution in [2.45, 2.75) is 20.8 Å². The molecule has 0 rings (SSSR count). The van der Waals surface area contributed by atoms with Crippen LogP contribution in [0.1, 0.15) is 22.2 Å². The Bertz CT molecular complexity index is 112. The van der Waals surface area contributed by atoms with E-state index in [1.165, 1.54) is 0 Å². The zero-order valence-electron chi connectivity index (χ0n) is 8.89. The van der Waals surface area contributed by atoms with Gasteiger partial charge in [0.05, 0.1) is 6.61 Å². The average Bonchev–Trinajstić information content (AvgIpc) is 1.91. The third kappa shape index (κ3) is 5.91. The summed E-state index contributed by atoms with van der Waals surface area (Å²) in [6.07, 6.45) is 0. The van der Waals surface area contributed by atoms with Crippen LogP contribution in [-0.2, 0) is 4.74 Å². The fourth-order valence-electron chi connectivity index (χ4n) is 0.697. The average molecular weight is 185 g/mol. The minimum Gasteiger partial charge on any atom is -1.00 e. The molecule has 0 saturated carbocycles. The van der Waals surface area contributed by atoms with E-state index in [-0.39, 0.29) is 31.0 Å². The van der Waals surface area contributed by atoms with Gasteiger partial charge >= 0.3 is 29.6 Å². The Morgan fingerprint density at radius 1 is 1.36 bits per heavy atom. The van der Waals surface area contributed by atoms with Crippen LogP contribution >= 0.6 is 12.2 Å². The standard InChI is InChI=1S/C7H15NOS.Na.H/c1-4-8(5-2)7(10)9-6-3;;/h4-6H2,1-3H3;;/q;+1;-1. The molecular formula is C7H16NNaOS. The number of ether oxygens (including phenoxy) is 1. The summed E-state index contributed by atoms with van der Waals surface area (Å²) in [7, 11) is 0. The minimum atomic E-state index is 0. The second-order valence-electron chi connectivity index (χ2n) is 1.87. The van der Waals surface area contributed by atoms with Gasteiger partial charge in [0.1, 0.15) is 0 Å². The zero-order chi connectivity index (χ0) is 7.98. The van der Waals surface area contributed by atoms with Crippen LogP contribution in [0, 0.1) is 0 Å². The predicted molar refractivity (Wildman–Crippen MR) is 48.3 cm³/mol. The van der Waals surface area contributed by atoms with E-state index in [2.05, 4.69) is 13.8 Å². The van der Waals surface area contributed by atoms with E-state index in [9.17, 15) is 0 Å². The molecule has 0 unspecified atom stereocenters. The van der Waals surface area contributed by atoms with E-state index in [1.807, 2.05) is 11.8 Å². The van der Waals surface area contributed by atoms with Crippen molar-refractivity contribution in [3.8, 4) is 0 Å². The molecule has 0 aliphatic carbocycles. The molecular weight excluding hydrogens is 169 g/mol. The van der Waals surface area contributed by atoms with Crippen molar-refractivity contribution in [2.75, 3.05) is 19.7 Å². The topological polar surface area (TPSA) is 12.5 Å². The molecule has 0 atom stereocenters. The smallest absolute Gasteiger partial charge is 1.00 e. The maximum Gasteiger partial charge on any atom is 1.00 e. The monoisotopic (exact) mass is 185 g/mol. The van der Waals surface area contributed by atoms with Gasteiger partial charge in [-0.15, -0.1) is 0 Å². The van der Waals surface area contributed by atoms with Gasteiger partial charge < -0.3 is 11.1 Å². The first kappa shape index (κ1) is 14.2. The van der Waals surface area contributed by atoms with Gasteiger partial charge in [0.25, 0.3) is 5.17 Å². The molecule has 0 aliphatic rings. The maximum atomic E-state index is 5.14. The molecule has 0 aromatic carbocycles. The molecule has 0 spiro atoms. The number of hydrogen-bond acceptors (Lipinski definition) is 2. The van der Waals surface area contributed by atoms with E-state index in [0.29, 0.717) is 11.8 Å². The summed E-state index contributed by atoms with van der Waals surface area (Å²) in [4.78, 5) is 2.01. The number of thiocarbonyl (C=S) groups is 1. The minimum absolute atomic E-state index is 0. The quantitative estimate of drug-likeness (QED) is 0.403. The SMILES string of the molecule is CCOC(=S)N(CC)CC.[H-].[Na+]. The van der Waals surface area contributed by atoms with E-state index in [1.54, 1.807) is 0 Å². The van der Waals surface area contributed by atoms with Crippen LogP contribution in [0.5, 0.6) is 0 Å². The van der Waals surface area contributed by atoms with Gasteiger partial charge in [0, 0.05) is 13.1 Å². The molecule has 0 heterocycles. The Morgan fingerprint density at radius 2 is 1.82 bits per heavy atom. The Kier molecular flexibility index (Phi) is 11.4. The third-order valence-corrected chi connectivity index (χ3v) is 1.67. The third-order valence-electron chi connectivity index (χ3n) is 1.29. The van der Waals surface area contributed by atoms with Gasteiger partial charge in [0.2, 0.25) is 0 Å². The van der Waals surface area contributed by atoms with Crippen molar-refractivity contribution < 1.29 is 35.7 Å². The second-order valence-corrected chi connectivity index (χ2v) is 2.22.